The Morgan fingerprint density at radius 3 is 2.68 bits per heavy atom. The fourth-order valence-electron chi connectivity index (χ4n) is 3.37. The van der Waals surface area contributed by atoms with Crippen LogP contribution in [0.1, 0.15) is 17.0 Å². The van der Waals surface area contributed by atoms with Gasteiger partial charge in [-0.3, -0.25) is 9.89 Å². The van der Waals surface area contributed by atoms with Gasteiger partial charge in [-0.05, 0) is 17.2 Å². The predicted molar refractivity (Wildman–Crippen MR) is 109 cm³/mol. The largest absolute Gasteiger partial charge is 0.392 e. The van der Waals surface area contributed by atoms with Crippen molar-refractivity contribution in [1.29, 1.82) is 0 Å². The maximum Gasteiger partial charge on any atom is 0.233 e. The number of rotatable bonds is 6. The minimum Gasteiger partial charge on any atom is -0.392 e. The van der Waals surface area contributed by atoms with Crippen LogP contribution in [0.15, 0.2) is 61.1 Å². The molecule has 0 aliphatic rings. The Morgan fingerprint density at radius 1 is 1.18 bits per heavy atom. The molecule has 0 aliphatic heterocycles. The number of aromatic nitrogens is 3. The fourth-order valence-corrected chi connectivity index (χ4v) is 3.37. The maximum absolute atomic E-state index is 12.9. The van der Waals surface area contributed by atoms with Gasteiger partial charge in [-0.15, -0.1) is 0 Å². The molecule has 0 spiro atoms. The van der Waals surface area contributed by atoms with Gasteiger partial charge < -0.3 is 21.1 Å². The number of para-hydroxylation sites is 1. The third-order valence-electron chi connectivity index (χ3n) is 4.90. The molecule has 6 N–H and O–H groups in total. The van der Waals surface area contributed by atoms with E-state index in [1.807, 2.05) is 42.7 Å². The smallest absolute Gasteiger partial charge is 0.233 e. The second-order valence-corrected chi connectivity index (χ2v) is 6.59. The molecule has 1 atom stereocenters. The average molecular weight is 375 g/mol. The molecule has 1 amide bonds. The maximum atomic E-state index is 12.9. The van der Waals surface area contributed by atoms with E-state index in [-0.39, 0.29) is 19.1 Å². The molecule has 142 valence electrons. The molecule has 4 aromatic rings. The number of carbonyl (C=O) groups is 1. The number of amides is 1. The van der Waals surface area contributed by atoms with Crippen LogP contribution < -0.4 is 11.1 Å². The number of nitrogens with one attached hydrogen (secondary N) is 3. The number of carbonyl (C=O) groups excluding carboxylic acids is 1. The molecule has 28 heavy (non-hydrogen) atoms. The van der Waals surface area contributed by atoms with Crippen molar-refractivity contribution in [2.75, 3.05) is 11.9 Å². The normalized spacial score (nSPS) is 12.2. The lowest BCUT2D eigenvalue weighted by molar-refractivity contribution is -0.117. The molecule has 0 aliphatic carbocycles. The molecule has 2 heterocycles. The van der Waals surface area contributed by atoms with Crippen LogP contribution in [0.5, 0.6) is 0 Å². The summed E-state index contributed by atoms with van der Waals surface area (Å²) >= 11 is 0. The van der Waals surface area contributed by atoms with Gasteiger partial charge in [0.15, 0.2) is 0 Å². The van der Waals surface area contributed by atoms with E-state index in [1.54, 1.807) is 18.3 Å². The van der Waals surface area contributed by atoms with Gasteiger partial charge in [0.25, 0.3) is 0 Å². The van der Waals surface area contributed by atoms with E-state index in [2.05, 4.69) is 20.5 Å². The number of anilines is 1. The zero-order valence-corrected chi connectivity index (χ0v) is 15.1. The lowest BCUT2D eigenvalue weighted by atomic mass is 9.97. The van der Waals surface area contributed by atoms with E-state index in [1.165, 1.54) is 0 Å². The monoisotopic (exact) mass is 375 g/mol. The highest BCUT2D eigenvalue weighted by molar-refractivity contribution is 6.07. The third-order valence-corrected chi connectivity index (χ3v) is 4.90. The Bertz CT molecular complexity index is 1080. The van der Waals surface area contributed by atoms with Crippen molar-refractivity contribution in [3.8, 4) is 11.1 Å². The van der Waals surface area contributed by atoms with Gasteiger partial charge in [0.05, 0.1) is 29.9 Å². The van der Waals surface area contributed by atoms with Gasteiger partial charge in [-0.1, -0.05) is 36.4 Å². The third kappa shape index (κ3) is 3.28. The van der Waals surface area contributed by atoms with Crippen LogP contribution in [-0.4, -0.2) is 32.7 Å². The molecule has 2 aromatic heterocycles. The second kappa shape index (κ2) is 7.67. The van der Waals surface area contributed by atoms with Crippen LogP contribution in [0.3, 0.4) is 0 Å². The number of hydrogen-bond acceptors (Lipinski definition) is 4. The number of hydrogen-bond donors (Lipinski definition) is 5. The summed E-state index contributed by atoms with van der Waals surface area (Å²) in [5.41, 5.74) is 11.0. The Kier molecular flexibility index (Phi) is 4.92. The molecular formula is C21H21N5O2. The first-order chi connectivity index (χ1) is 13.7. The number of aliphatic hydroxyl groups is 1. The average Bonchev–Trinajstić information content (AvgIpc) is 3.39. The molecule has 0 bridgehead atoms. The molecule has 0 saturated carbocycles. The fraction of sp³-hybridized carbons (Fsp3) is 0.143. The molecule has 0 saturated heterocycles. The van der Waals surface area contributed by atoms with Crippen molar-refractivity contribution in [3.05, 3.63) is 72.2 Å². The van der Waals surface area contributed by atoms with Crippen molar-refractivity contribution in [2.24, 2.45) is 5.73 Å². The van der Waals surface area contributed by atoms with Crippen molar-refractivity contribution in [3.63, 3.8) is 0 Å². The summed E-state index contributed by atoms with van der Waals surface area (Å²) in [6.45, 7) is 0.152. The van der Waals surface area contributed by atoms with E-state index < -0.39 is 5.92 Å². The van der Waals surface area contributed by atoms with Gasteiger partial charge in [0.1, 0.15) is 0 Å². The van der Waals surface area contributed by atoms with Crippen molar-refractivity contribution < 1.29 is 9.90 Å². The molecule has 7 heteroatoms. The molecule has 0 radical (unpaired) electrons. The summed E-state index contributed by atoms with van der Waals surface area (Å²) in [6, 6.07) is 13.0. The minimum atomic E-state index is -0.480. The first-order valence-corrected chi connectivity index (χ1v) is 9.01. The number of H-pyrrole nitrogens is 2. The molecule has 7 nitrogen and oxygen atoms in total. The summed E-state index contributed by atoms with van der Waals surface area (Å²) in [4.78, 5) is 16.2. The summed E-state index contributed by atoms with van der Waals surface area (Å²) in [6.07, 6.45) is 5.49. The van der Waals surface area contributed by atoms with Crippen molar-refractivity contribution in [2.45, 2.75) is 12.5 Å². The zero-order chi connectivity index (χ0) is 19.5. The standard InChI is InChI=1S/C21H21N5O2/c22-8-17(14-6-4-13(12-27)5-7-14)21(28)26-19-3-1-2-16-18(11-23-20(16)19)15-9-24-25-10-15/h1-7,9-11,17,23,27H,8,12,22H2,(H,24,25)(H,26,28)/t17-/m0/s1. The SMILES string of the molecule is NC[C@H](C(=O)Nc1cccc2c(-c3cn[nH]c3)c[nH]c12)c1ccc(CO)cc1. The lowest BCUT2D eigenvalue weighted by Gasteiger charge is -2.16. The van der Waals surface area contributed by atoms with Crippen molar-refractivity contribution in [1.82, 2.24) is 15.2 Å². The van der Waals surface area contributed by atoms with Crippen molar-refractivity contribution >= 4 is 22.5 Å². The van der Waals surface area contributed by atoms with E-state index >= 15 is 0 Å². The number of nitrogens with zero attached hydrogens (tertiary/aromatic N) is 1. The molecule has 4 rings (SSSR count). The number of benzene rings is 2. The summed E-state index contributed by atoms with van der Waals surface area (Å²) in [5.74, 6) is -0.655. The number of nitrogens with two attached hydrogens (primary N) is 1. The van der Waals surface area contributed by atoms with E-state index in [4.69, 9.17) is 5.73 Å². The van der Waals surface area contributed by atoms with Gasteiger partial charge in [-0.25, -0.2) is 0 Å². The van der Waals surface area contributed by atoms with Gasteiger partial charge in [0.2, 0.25) is 5.91 Å². The molecule has 0 fully saturated rings. The highest BCUT2D eigenvalue weighted by Crippen LogP contribution is 2.32. The summed E-state index contributed by atoms with van der Waals surface area (Å²) < 4.78 is 0. The topological polar surface area (TPSA) is 120 Å². The quantitative estimate of drug-likeness (QED) is 0.356. The number of aromatic amines is 2. The predicted octanol–water partition coefficient (Wildman–Crippen LogP) is 2.73. The van der Waals surface area contributed by atoms with Crippen LogP contribution in [0, 0.1) is 0 Å². The molecular weight excluding hydrogens is 354 g/mol. The van der Waals surface area contributed by atoms with Crippen LogP contribution in [0.25, 0.3) is 22.0 Å². The minimum absolute atomic E-state index is 0.0341. The van der Waals surface area contributed by atoms with Gasteiger partial charge in [-0.2, -0.15) is 5.10 Å². The lowest BCUT2D eigenvalue weighted by Crippen LogP contribution is -2.27. The number of fused-ring (bicyclic) bond motifs is 1. The van der Waals surface area contributed by atoms with Gasteiger partial charge in [0, 0.05) is 35.5 Å². The van der Waals surface area contributed by atoms with Crippen LogP contribution in [0.2, 0.25) is 0 Å². The van der Waals surface area contributed by atoms with E-state index in [9.17, 15) is 9.90 Å². The Morgan fingerprint density at radius 2 is 2.00 bits per heavy atom. The summed E-state index contributed by atoms with van der Waals surface area (Å²) in [7, 11) is 0. The van der Waals surface area contributed by atoms with Gasteiger partial charge >= 0.3 is 0 Å². The van der Waals surface area contributed by atoms with Crippen LogP contribution in [-0.2, 0) is 11.4 Å². The highest BCUT2D eigenvalue weighted by Gasteiger charge is 2.20. The molecule has 0 unspecified atom stereocenters. The Balaban J connectivity index is 1.62. The highest BCUT2D eigenvalue weighted by atomic mass is 16.3. The second-order valence-electron chi connectivity index (χ2n) is 6.59. The summed E-state index contributed by atoms with van der Waals surface area (Å²) in [5, 5.41) is 20.0. The Hall–Kier alpha value is -3.42. The zero-order valence-electron chi connectivity index (χ0n) is 15.1. The first-order valence-electron chi connectivity index (χ1n) is 9.01. The number of aliphatic hydroxyl groups excluding tert-OH is 1. The first kappa shape index (κ1) is 18.0. The van der Waals surface area contributed by atoms with Crippen LogP contribution in [0.4, 0.5) is 5.69 Å². The molecule has 2 aromatic carbocycles. The van der Waals surface area contributed by atoms with E-state index in [0.29, 0.717) is 5.69 Å². The van der Waals surface area contributed by atoms with E-state index in [0.717, 1.165) is 33.2 Å². The Labute approximate surface area is 161 Å². The van der Waals surface area contributed by atoms with Crippen LogP contribution >= 0.6 is 0 Å².